The van der Waals surface area contributed by atoms with Crippen molar-refractivity contribution in [3.63, 3.8) is 0 Å². The summed E-state index contributed by atoms with van der Waals surface area (Å²) >= 11 is 0. The van der Waals surface area contributed by atoms with E-state index >= 15 is 0 Å². The molecule has 0 aliphatic heterocycles. The molecule has 0 saturated carbocycles. The molecule has 0 radical (unpaired) electrons. The molecular weight excluding hydrogens is 156 g/mol. The molecule has 1 rings (SSSR count). The summed E-state index contributed by atoms with van der Waals surface area (Å²) in [6, 6.07) is 6.07. The van der Waals surface area contributed by atoms with E-state index in [1.54, 1.807) is 0 Å². The van der Waals surface area contributed by atoms with Crippen molar-refractivity contribution in [3.05, 3.63) is 41.5 Å². The second kappa shape index (κ2) is 3.96. The Bertz CT molecular complexity index is 364. The molecular formula is C13H14. The largest absolute Gasteiger partial charge is 0.115 e. The topological polar surface area (TPSA) is 0 Å². The molecule has 66 valence electrons. The van der Waals surface area contributed by atoms with Gasteiger partial charge in [0.05, 0.1) is 0 Å². The first-order chi connectivity index (χ1) is 6.19. The Morgan fingerprint density at radius 3 is 2.69 bits per heavy atom. The van der Waals surface area contributed by atoms with Gasteiger partial charge in [-0.15, -0.1) is 6.42 Å². The molecule has 0 bridgehead atoms. The van der Waals surface area contributed by atoms with Gasteiger partial charge >= 0.3 is 0 Å². The minimum absolute atomic E-state index is 0.946. The van der Waals surface area contributed by atoms with Crippen LogP contribution < -0.4 is 0 Å². The standard InChI is InChI=1S/C13H14/c1-5-11-7-8-13(10(3)4)12(6-2)9-11/h1,7-9H,3,6H2,2,4H3. The highest BCUT2D eigenvalue weighted by Gasteiger charge is 2.01. The van der Waals surface area contributed by atoms with Crippen LogP contribution in [0.1, 0.15) is 30.5 Å². The zero-order valence-electron chi connectivity index (χ0n) is 8.22. The third-order valence-electron chi connectivity index (χ3n) is 2.11. The molecule has 0 nitrogen and oxygen atoms in total. The lowest BCUT2D eigenvalue weighted by Crippen LogP contribution is -1.90. The normalized spacial score (nSPS) is 9.31. The molecule has 0 N–H and O–H groups in total. The van der Waals surface area contributed by atoms with E-state index in [0.717, 1.165) is 17.6 Å². The zero-order valence-corrected chi connectivity index (χ0v) is 8.22. The van der Waals surface area contributed by atoms with Gasteiger partial charge in [-0.1, -0.05) is 31.1 Å². The average molecular weight is 170 g/mol. The predicted octanol–water partition coefficient (Wildman–Crippen LogP) is 3.26. The zero-order chi connectivity index (χ0) is 9.84. The van der Waals surface area contributed by atoms with Crippen LogP contribution in [0.15, 0.2) is 24.8 Å². The highest BCUT2D eigenvalue weighted by atomic mass is 14.1. The number of benzene rings is 1. The minimum atomic E-state index is 0.946. The van der Waals surface area contributed by atoms with Crippen molar-refractivity contribution in [1.29, 1.82) is 0 Å². The lowest BCUT2D eigenvalue weighted by molar-refractivity contribution is 1.13. The maximum atomic E-state index is 5.33. The van der Waals surface area contributed by atoms with Gasteiger partial charge in [0.15, 0.2) is 0 Å². The average Bonchev–Trinajstić information content (AvgIpc) is 2.16. The Kier molecular flexibility index (Phi) is 2.93. The molecule has 0 atom stereocenters. The summed E-state index contributed by atoms with van der Waals surface area (Å²) in [5.74, 6) is 2.64. The van der Waals surface area contributed by atoms with E-state index in [0.29, 0.717) is 0 Å². The van der Waals surface area contributed by atoms with Crippen molar-refractivity contribution in [2.45, 2.75) is 20.3 Å². The highest BCUT2D eigenvalue weighted by molar-refractivity contribution is 5.65. The van der Waals surface area contributed by atoms with Crippen molar-refractivity contribution in [2.24, 2.45) is 0 Å². The molecule has 0 amide bonds. The SMILES string of the molecule is C#Cc1ccc(C(=C)C)c(CC)c1. The lowest BCUT2D eigenvalue weighted by Gasteiger charge is -2.07. The van der Waals surface area contributed by atoms with Gasteiger partial charge in [0.25, 0.3) is 0 Å². The van der Waals surface area contributed by atoms with Gasteiger partial charge in [0, 0.05) is 5.56 Å². The van der Waals surface area contributed by atoms with Gasteiger partial charge in [-0.25, -0.2) is 0 Å². The number of aryl methyl sites for hydroxylation is 1. The molecule has 0 aliphatic rings. The van der Waals surface area contributed by atoms with Crippen LogP contribution in [0.3, 0.4) is 0 Å². The molecule has 1 aromatic rings. The number of rotatable bonds is 2. The molecule has 0 aromatic heterocycles. The predicted molar refractivity (Wildman–Crippen MR) is 58.5 cm³/mol. The van der Waals surface area contributed by atoms with E-state index in [1.165, 1.54) is 11.1 Å². The summed E-state index contributed by atoms with van der Waals surface area (Å²) in [5.41, 5.74) is 4.55. The Balaban J connectivity index is 3.25. The van der Waals surface area contributed by atoms with Crippen LogP contribution in [0.2, 0.25) is 0 Å². The van der Waals surface area contributed by atoms with E-state index < -0.39 is 0 Å². The van der Waals surface area contributed by atoms with E-state index in [1.807, 2.05) is 13.0 Å². The fourth-order valence-electron chi connectivity index (χ4n) is 1.39. The molecule has 0 fully saturated rings. The molecule has 0 heterocycles. The van der Waals surface area contributed by atoms with E-state index in [-0.39, 0.29) is 0 Å². The third kappa shape index (κ3) is 2.00. The lowest BCUT2D eigenvalue weighted by atomic mass is 9.98. The fourth-order valence-corrected chi connectivity index (χ4v) is 1.39. The van der Waals surface area contributed by atoms with Crippen molar-refractivity contribution in [3.8, 4) is 12.3 Å². The third-order valence-corrected chi connectivity index (χ3v) is 2.11. The number of hydrogen-bond donors (Lipinski definition) is 0. The van der Waals surface area contributed by atoms with Crippen LogP contribution in [0, 0.1) is 12.3 Å². The van der Waals surface area contributed by atoms with Gasteiger partial charge < -0.3 is 0 Å². The van der Waals surface area contributed by atoms with Crippen molar-refractivity contribution in [2.75, 3.05) is 0 Å². The molecule has 0 heteroatoms. The quantitative estimate of drug-likeness (QED) is 0.598. The summed E-state index contributed by atoms with van der Waals surface area (Å²) < 4.78 is 0. The number of terminal acetylenes is 1. The first-order valence-corrected chi connectivity index (χ1v) is 4.44. The molecule has 1 aromatic carbocycles. The van der Waals surface area contributed by atoms with Crippen LogP contribution in [0.5, 0.6) is 0 Å². The van der Waals surface area contributed by atoms with E-state index in [4.69, 9.17) is 6.42 Å². The van der Waals surface area contributed by atoms with Crippen LogP contribution in [-0.2, 0) is 6.42 Å². The van der Waals surface area contributed by atoms with Gasteiger partial charge in [-0.2, -0.15) is 0 Å². The second-order valence-corrected chi connectivity index (χ2v) is 3.15. The first-order valence-electron chi connectivity index (χ1n) is 4.44. The van der Waals surface area contributed by atoms with Crippen molar-refractivity contribution < 1.29 is 0 Å². The van der Waals surface area contributed by atoms with Crippen molar-refractivity contribution >= 4 is 5.57 Å². The van der Waals surface area contributed by atoms with Crippen molar-refractivity contribution in [1.82, 2.24) is 0 Å². The second-order valence-electron chi connectivity index (χ2n) is 3.15. The van der Waals surface area contributed by atoms with E-state index in [9.17, 15) is 0 Å². The Labute approximate surface area is 80.3 Å². The smallest absolute Gasteiger partial charge is 0.0245 e. The van der Waals surface area contributed by atoms with Gasteiger partial charge in [0.2, 0.25) is 0 Å². The van der Waals surface area contributed by atoms with Crippen LogP contribution in [0.25, 0.3) is 5.57 Å². The summed E-state index contributed by atoms with van der Waals surface area (Å²) in [6.07, 6.45) is 6.32. The molecule has 0 spiro atoms. The first kappa shape index (κ1) is 9.61. The van der Waals surface area contributed by atoms with E-state index in [2.05, 4.69) is 31.6 Å². The summed E-state index contributed by atoms with van der Waals surface area (Å²) in [7, 11) is 0. The molecule has 0 saturated heterocycles. The Morgan fingerprint density at radius 1 is 1.54 bits per heavy atom. The maximum Gasteiger partial charge on any atom is 0.0245 e. The summed E-state index contributed by atoms with van der Waals surface area (Å²) in [5, 5.41) is 0. The Morgan fingerprint density at radius 2 is 2.23 bits per heavy atom. The Hall–Kier alpha value is -1.48. The maximum absolute atomic E-state index is 5.33. The molecule has 0 unspecified atom stereocenters. The van der Waals surface area contributed by atoms with Gasteiger partial charge in [0.1, 0.15) is 0 Å². The van der Waals surface area contributed by atoms with Gasteiger partial charge in [-0.3, -0.25) is 0 Å². The number of hydrogen-bond acceptors (Lipinski definition) is 0. The van der Waals surface area contributed by atoms with Crippen LogP contribution >= 0.6 is 0 Å². The minimum Gasteiger partial charge on any atom is -0.115 e. The monoisotopic (exact) mass is 170 g/mol. The fraction of sp³-hybridized carbons (Fsp3) is 0.231. The van der Waals surface area contributed by atoms with Gasteiger partial charge in [-0.05, 0) is 36.6 Å². The summed E-state index contributed by atoms with van der Waals surface area (Å²) in [6.45, 7) is 8.08. The highest BCUT2D eigenvalue weighted by Crippen LogP contribution is 2.19. The molecule has 0 aliphatic carbocycles. The van der Waals surface area contributed by atoms with Crippen LogP contribution in [-0.4, -0.2) is 0 Å². The molecule has 13 heavy (non-hydrogen) atoms. The number of allylic oxidation sites excluding steroid dienone is 1. The summed E-state index contributed by atoms with van der Waals surface area (Å²) in [4.78, 5) is 0. The van der Waals surface area contributed by atoms with Crippen LogP contribution in [0.4, 0.5) is 0 Å².